The number of aromatic nitrogens is 1. The van der Waals surface area contributed by atoms with E-state index in [0.29, 0.717) is 5.92 Å². The number of rotatable bonds is 5. The van der Waals surface area contributed by atoms with E-state index < -0.39 is 0 Å². The van der Waals surface area contributed by atoms with Crippen LogP contribution in [0.2, 0.25) is 0 Å². The number of halogens is 1. The Kier molecular flexibility index (Phi) is 4.76. The van der Waals surface area contributed by atoms with Gasteiger partial charge >= 0.3 is 0 Å². The van der Waals surface area contributed by atoms with Crippen molar-refractivity contribution in [3.8, 4) is 0 Å². The number of hydrogen-bond donors (Lipinski definition) is 1. The molecule has 1 heterocycles. The van der Waals surface area contributed by atoms with E-state index >= 15 is 0 Å². The maximum atomic E-state index is 4.35. The van der Waals surface area contributed by atoms with Gasteiger partial charge in [0.1, 0.15) is 10.4 Å². The smallest absolute Gasteiger partial charge is 0.127 e. The van der Waals surface area contributed by atoms with Crippen molar-refractivity contribution in [2.75, 3.05) is 11.9 Å². The van der Waals surface area contributed by atoms with E-state index in [1.807, 2.05) is 18.2 Å². The molecule has 1 atom stereocenters. The molecule has 0 spiro atoms. The lowest BCUT2D eigenvalue weighted by atomic mass is 9.98. The first kappa shape index (κ1) is 13.1. The Labute approximate surface area is 117 Å². The predicted molar refractivity (Wildman–Crippen MR) is 79.9 cm³/mol. The second kappa shape index (κ2) is 6.55. The average Bonchev–Trinajstić information content (AvgIpc) is 2.40. The number of nitrogens with one attached hydrogen (secondary N) is 1. The van der Waals surface area contributed by atoms with Crippen LogP contribution in [0.1, 0.15) is 24.8 Å². The molecule has 0 radical (unpaired) electrons. The average molecular weight is 305 g/mol. The van der Waals surface area contributed by atoms with Crippen LogP contribution in [-0.4, -0.2) is 11.5 Å². The standard InChI is InChI=1S/C15H17BrN2/c1-12(13-6-3-2-4-7-13)10-11-17-15-9-5-8-14(16)18-15/h2-9,12H,10-11H2,1H3,(H,17,18). The van der Waals surface area contributed by atoms with Gasteiger partial charge in [0.2, 0.25) is 0 Å². The Bertz CT molecular complexity index is 485. The molecule has 0 fully saturated rings. The third-order valence-corrected chi connectivity index (χ3v) is 3.41. The summed E-state index contributed by atoms with van der Waals surface area (Å²) in [4.78, 5) is 4.35. The van der Waals surface area contributed by atoms with E-state index in [2.05, 4.69) is 63.5 Å². The van der Waals surface area contributed by atoms with Crippen LogP contribution in [0.5, 0.6) is 0 Å². The Morgan fingerprint density at radius 2 is 1.89 bits per heavy atom. The molecule has 1 N–H and O–H groups in total. The second-order valence-electron chi connectivity index (χ2n) is 4.37. The van der Waals surface area contributed by atoms with E-state index in [0.717, 1.165) is 23.4 Å². The molecule has 94 valence electrons. The molecule has 0 bridgehead atoms. The summed E-state index contributed by atoms with van der Waals surface area (Å²) in [5, 5.41) is 3.35. The van der Waals surface area contributed by atoms with Crippen LogP contribution in [0.4, 0.5) is 5.82 Å². The molecular weight excluding hydrogens is 288 g/mol. The topological polar surface area (TPSA) is 24.9 Å². The van der Waals surface area contributed by atoms with Gasteiger partial charge in [0.15, 0.2) is 0 Å². The van der Waals surface area contributed by atoms with Crippen LogP contribution >= 0.6 is 15.9 Å². The highest BCUT2D eigenvalue weighted by Gasteiger charge is 2.04. The molecule has 0 amide bonds. The lowest BCUT2D eigenvalue weighted by Gasteiger charge is -2.12. The first-order valence-electron chi connectivity index (χ1n) is 6.17. The van der Waals surface area contributed by atoms with Gasteiger partial charge in [0.25, 0.3) is 0 Å². The van der Waals surface area contributed by atoms with E-state index in [4.69, 9.17) is 0 Å². The van der Waals surface area contributed by atoms with Gasteiger partial charge in [-0.25, -0.2) is 4.98 Å². The molecule has 2 rings (SSSR count). The molecule has 0 aliphatic rings. The Balaban J connectivity index is 1.82. The van der Waals surface area contributed by atoms with E-state index in [9.17, 15) is 0 Å². The van der Waals surface area contributed by atoms with Crippen molar-refractivity contribution >= 4 is 21.7 Å². The zero-order valence-corrected chi connectivity index (χ0v) is 12.0. The zero-order valence-electron chi connectivity index (χ0n) is 10.4. The molecule has 3 heteroatoms. The summed E-state index contributed by atoms with van der Waals surface area (Å²) in [5.74, 6) is 1.48. The lowest BCUT2D eigenvalue weighted by Crippen LogP contribution is -2.07. The van der Waals surface area contributed by atoms with E-state index in [1.165, 1.54) is 5.56 Å². The van der Waals surface area contributed by atoms with Gasteiger partial charge < -0.3 is 5.32 Å². The molecule has 0 saturated heterocycles. The van der Waals surface area contributed by atoms with Crippen molar-refractivity contribution in [1.29, 1.82) is 0 Å². The number of anilines is 1. The molecular formula is C15H17BrN2. The maximum Gasteiger partial charge on any atom is 0.127 e. The van der Waals surface area contributed by atoms with Gasteiger partial charge in [-0.1, -0.05) is 43.3 Å². The SMILES string of the molecule is CC(CCNc1cccc(Br)n1)c1ccccc1. The fourth-order valence-electron chi connectivity index (χ4n) is 1.87. The van der Waals surface area contributed by atoms with Crippen LogP contribution in [0.15, 0.2) is 53.1 Å². The molecule has 0 saturated carbocycles. The lowest BCUT2D eigenvalue weighted by molar-refractivity contribution is 0.705. The highest BCUT2D eigenvalue weighted by Crippen LogP contribution is 2.18. The summed E-state index contributed by atoms with van der Waals surface area (Å²) in [7, 11) is 0. The highest BCUT2D eigenvalue weighted by molar-refractivity contribution is 9.10. The Hall–Kier alpha value is -1.35. The molecule has 0 aliphatic carbocycles. The minimum absolute atomic E-state index is 0.561. The minimum Gasteiger partial charge on any atom is -0.370 e. The van der Waals surface area contributed by atoms with Crippen LogP contribution in [-0.2, 0) is 0 Å². The van der Waals surface area contributed by atoms with Crippen LogP contribution in [0.25, 0.3) is 0 Å². The van der Waals surface area contributed by atoms with Gasteiger partial charge in [-0.3, -0.25) is 0 Å². The monoisotopic (exact) mass is 304 g/mol. The van der Waals surface area contributed by atoms with Gasteiger partial charge in [-0.2, -0.15) is 0 Å². The van der Waals surface area contributed by atoms with Crippen LogP contribution in [0, 0.1) is 0 Å². The summed E-state index contributed by atoms with van der Waals surface area (Å²) >= 11 is 3.37. The second-order valence-corrected chi connectivity index (χ2v) is 5.19. The quantitative estimate of drug-likeness (QED) is 0.826. The van der Waals surface area contributed by atoms with Crippen LogP contribution < -0.4 is 5.32 Å². The molecule has 18 heavy (non-hydrogen) atoms. The third-order valence-electron chi connectivity index (χ3n) is 2.97. The number of benzene rings is 1. The fraction of sp³-hybridized carbons (Fsp3) is 0.267. The van der Waals surface area contributed by atoms with Gasteiger partial charge in [0, 0.05) is 6.54 Å². The van der Waals surface area contributed by atoms with Crippen molar-refractivity contribution < 1.29 is 0 Å². The summed E-state index contributed by atoms with van der Waals surface area (Å²) in [6.07, 6.45) is 1.10. The normalized spacial score (nSPS) is 12.1. The first-order valence-corrected chi connectivity index (χ1v) is 6.96. The van der Waals surface area contributed by atoms with Crippen molar-refractivity contribution in [2.45, 2.75) is 19.3 Å². The summed E-state index contributed by atoms with van der Waals surface area (Å²) in [5.41, 5.74) is 1.39. The Morgan fingerprint density at radius 1 is 1.11 bits per heavy atom. The highest BCUT2D eigenvalue weighted by atomic mass is 79.9. The minimum atomic E-state index is 0.561. The molecule has 0 aliphatic heterocycles. The fourth-order valence-corrected chi connectivity index (χ4v) is 2.22. The summed E-state index contributed by atoms with van der Waals surface area (Å²) < 4.78 is 0.864. The van der Waals surface area contributed by atoms with Gasteiger partial charge in [-0.15, -0.1) is 0 Å². The van der Waals surface area contributed by atoms with Crippen LogP contribution in [0.3, 0.4) is 0 Å². The molecule has 2 aromatic rings. The van der Waals surface area contributed by atoms with E-state index in [-0.39, 0.29) is 0 Å². The van der Waals surface area contributed by atoms with Crippen molar-refractivity contribution in [1.82, 2.24) is 4.98 Å². The van der Waals surface area contributed by atoms with Crippen molar-refractivity contribution in [2.24, 2.45) is 0 Å². The maximum absolute atomic E-state index is 4.35. The number of nitrogens with zero attached hydrogens (tertiary/aromatic N) is 1. The zero-order chi connectivity index (χ0) is 12.8. The van der Waals surface area contributed by atoms with Crippen molar-refractivity contribution in [3.05, 3.63) is 58.7 Å². The molecule has 1 unspecified atom stereocenters. The van der Waals surface area contributed by atoms with Gasteiger partial charge in [-0.05, 0) is 46.0 Å². The molecule has 2 nitrogen and oxygen atoms in total. The number of pyridine rings is 1. The summed E-state index contributed by atoms with van der Waals surface area (Å²) in [6.45, 7) is 3.19. The third kappa shape index (κ3) is 3.84. The molecule has 1 aromatic heterocycles. The largest absolute Gasteiger partial charge is 0.370 e. The Morgan fingerprint density at radius 3 is 2.61 bits per heavy atom. The molecule has 1 aromatic carbocycles. The first-order chi connectivity index (χ1) is 8.75. The summed E-state index contributed by atoms with van der Waals surface area (Å²) in [6, 6.07) is 16.5. The van der Waals surface area contributed by atoms with Gasteiger partial charge in [0.05, 0.1) is 0 Å². The predicted octanol–water partition coefficient (Wildman–Crippen LogP) is 4.45. The van der Waals surface area contributed by atoms with Crippen molar-refractivity contribution in [3.63, 3.8) is 0 Å². The number of hydrogen-bond acceptors (Lipinski definition) is 2. The van der Waals surface area contributed by atoms with E-state index in [1.54, 1.807) is 0 Å².